The molecule has 0 bridgehead atoms. The van der Waals surface area contributed by atoms with Gasteiger partial charge in [-0.3, -0.25) is 4.79 Å². The summed E-state index contributed by atoms with van der Waals surface area (Å²) in [5.41, 5.74) is 0. The number of amides is 1. The number of nitrogens with one attached hydrogen (secondary N) is 2. The van der Waals surface area contributed by atoms with Crippen molar-refractivity contribution in [3.63, 3.8) is 0 Å². The van der Waals surface area contributed by atoms with Gasteiger partial charge in [-0.05, 0) is 24.3 Å². The minimum atomic E-state index is -0.151. The number of hydrogen-bond donors (Lipinski definition) is 2. The van der Waals surface area contributed by atoms with Gasteiger partial charge in [-0.25, -0.2) is 9.97 Å². The van der Waals surface area contributed by atoms with Gasteiger partial charge in [-0.15, -0.1) is 11.3 Å². The summed E-state index contributed by atoms with van der Waals surface area (Å²) >= 11 is 1.60. The molecule has 3 rings (SSSR count). The Morgan fingerprint density at radius 3 is 3.21 bits per heavy atom. The molecule has 0 saturated carbocycles. The fraction of sp³-hybridized carbons (Fsp3) is 0.562. The number of anilines is 1. The lowest BCUT2D eigenvalue weighted by Crippen LogP contribution is -2.45. The number of ether oxygens (including phenoxy) is 1. The molecular formula is C16H23N5O2S. The van der Waals surface area contributed by atoms with E-state index in [0.29, 0.717) is 13.2 Å². The van der Waals surface area contributed by atoms with Crippen molar-refractivity contribution in [2.45, 2.75) is 18.9 Å². The van der Waals surface area contributed by atoms with E-state index in [4.69, 9.17) is 4.74 Å². The quantitative estimate of drug-likeness (QED) is 0.693. The number of fused-ring (bicyclic) bond motifs is 1. The summed E-state index contributed by atoms with van der Waals surface area (Å²) in [5.74, 6) is 0.945. The summed E-state index contributed by atoms with van der Waals surface area (Å²) in [7, 11) is 1.68. The van der Waals surface area contributed by atoms with Gasteiger partial charge in [-0.1, -0.05) is 0 Å². The SMILES string of the molecule is COCCNCCNC(=O)C1CCCN1c1ncnc2sccc12. The highest BCUT2D eigenvalue weighted by molar-refractivity contribution is 7.16. The summed E-state index contributed by atoms with van der Waals surface area (Å²) in [5, 5.41) is 9.29. The fourth-order valence-electron chi connectivity index (χ4n) is 2.99. The van der Waals surface area contributed by atoms with Crippen molar-refractivity contribution in [2.75, 3.05) is 44.8 Å². The Hall–Kier alpha value is -1.77. The van der Waals surface area contributed by atoms with Crippen LogP contribution in [-0.4, -0.2) is 61.8 Å². The zero-order valence-electron chi connectivity index (χ0n) is 13.8. The van der Waals surface area contributed by atoms with E-state index in [9.17, 15) is 4.79 Å². The van der Waals surface area contributed by atoms with Gasteiger partial charge in [0.2, 0.25) is 5.91 Å². The molecule has 1 fully saturated rings. The third kappa shape index (κ3) is 3.82. The molecule has 0 radical (unpaired) electrons. The average Bonchev–Trinajstić information content (AvgIpc) is 3.26. The Morgan fingerprint density at radius 1 is 1.42 bits per heavy atom. The summed E-state index contributed by atoms with van der Waals surface area (Å²) in [6.45, 7) is 3.68. The first-order chi connectivity index (χ1) is 11.8. The molecule has 0 spiro atoms. The molecule has 0 aliphatic carbocycles. The maximum Gasteiger partial charge on any atom is 0.242 e. The van der Waals surface area contributed by atoms with Crippen LogP contribution in [0.15, 0.2) is 17.8 Å². The number of hydrogen-bond acceptors (Lipinski definition) is 7. The molecule has 1 amide bonds. The Kier molecular flexibility index (Phi) is 5.95. The van der Waals surface area contributed by atoms with Gasteiger partial charge in [0.25, 0.3) is 0 Å². The number of rotatable bonds is 8. The van der Waals surface area contributed by atoms with Gasteiger partial charge < -0.3 is 20.3 Å². The highest BCUT2D eigenvalue weighted by Crippen LogP contribution is 2.31. The van der Waals surface area contributed by atoms with Crippen LogP contribution in [0, 0.1) is 0 Å². The first-order valence-corrected chi connectivity index (χ1v) is 9.11. The monoisotopic (exact) mass is 349 g/mol. The molecule has 1 aliphatic rings. The highest BCUT2D eigenvalue weighted by atomic mass is 32.1. The Morgan fingerprint density at radius 2 is 2.33 bits per heavy atom. The van der Waals surface area contributed by atoms with E-state index < -0.39 is 0 Å². The number of carbonyl (C=O) groups is 1. The summed E-state index contributed by atoms with van der Waals surface area (Å²) in [6, 6.07) is 1.88. The topological polar surface area (TPSA) is 79.4 Å². The second kappa shape index (κ2) is 8.36. The van der Waals surface area contributed by atoms with E-state index >= 15 is 0 Å². The zero-order valence-corrected chi connectivity index (χ0v) is 14.6. The normalized spacial score (nSPS) is 17.5. The molecule has 3 heterocycles. The van der Waals surface area contributed by atoms with E-state index in [1.165, 1.54) is 0 Å². The van der Waals surface area contributed by atoms with Crippen LogP contribution in [0.5, 0.6) is 0 Å². The van der Waals surface area contributed by atoms with E-state index in [1.54, 1.807) is 24.8 Å². The zero-order chi connectivity index (χ0) is 16.8. The lowest BCUT2D eigenvalue weighted by Gasteiger charge is -2.25. The molecule has 2 aromatic heterocycles. The van der Waals surface area contributed by atoms with Crippen LogP contribution >= 0.6 is 11.3 Å². The molecule has 24 heavy (non-hydrogen) atoms. The second-order valence-electron chi connectivity index (χ2n) is 5.72. The van der Waals surface area contributed by atoms with Crippen LogP contribution in [0.2, 0.25) is 0 Å². The lowest BCUT2D eigenvalue weighted by molar-refractivity contribution is -0.122. The van der Waals surface area contributed by atoms with Crippen molar-refractivity contribution >= 4 is 33.3 Å². The van der Waals surface area contributed by atoms with E-state index in [0.717, 1.165) is 48.5 Å². The Labute approximate surface area is 145 Å². The molecule has 1 aliphatic heterocycles. The van der Waals surface area contributed by atoms with Gasteiger partial charge in [-0.2, -0.15) is 0 Å². The van der Waals surface area contributed by atoms with Crippen molar-refractivity contribution < 1.29 is 9.53 Å². The van der Waals surface area contributed by atoms with Gasteiger partial charge in [0.1, 0.15) is 23.0 Å². The molecule has 1 atom stereocenters. The van der Waals surface area contributed by atoms with Gasteiger partial charge in [0, 0.05) is 33.3 Å². The molecule has 7 nitrogen and oxygen atoms in total. The molecule has 2 aromatic rings. The van der Waals surface area contributed by atoms with Crippen molar-refractivity contribution in [1.82, 2.24) is 20.6 Å². The van der Waals surface area contributed by atoms with Crippen LogP contribution in [0.25, 0.3) is 10.2 Å². The minimum Gasteiger partial charge on any atom is -0.383 e. The van der Waals surface area contributed by atoms with Crippen LogP contribution in [0.1, 0.15) is 12.8 Å². The predicted molar refractivity (Wildman–Crippen MR) is 95.5 cm³/mol. The van der Waals surface area contributed by atoms with Crippen molar-refractivity contribution in [2.24, 2.45) is 0 Å². The molecule has 0 aromatic carbocycles. The van der Waals surface area contributed by atoms with Crippen molar-refractivity contribution in [1.29, 1.82) is 0 Å². The van der Waals surface area contributed by atoms with Crippen molar-refractivity contribution in [3.05, 3.63) is 17.8 Å². The molecule has 8 heteroatoms. The van der Waals surface area contributed by atoms with Crippen LogP contribution < -0.4 is 15.5 Å². The van der Waals surface area contributed by atoms with Crippen LogP contribution in [0.3, 0.4) is 0 Å². The standard InChI is InChI=1S/C16H23N5O2S/c1-23-9-7-17-5-6-18-15(22)13-3-2-8-21(13)14-12-4-10-24-16(12)20-11-19-14/h4,10-11,13,17H,2-3,5-9H2,1H3,(H,18,22). The first-order valence-electron chi connectivity index (χ1n) is 8.23. The van der Waals surface area contributed by atoms with E-state index in [2.05, 4.69) is 25.5 Å². The number of methoxy groups -OCH3 is 1. The largest absolute Gasteiger partial charge is 0.383 e. The third-order valence-corrected chi connectivity index (χ3v) is 4.97. The van der Waals surface area contributed by atoms with E-state index in [-0.39, 0.29) is 11.9 Å². The van der Waals surface area contributed by atoms with Crippen LogP contribution in [0.4, 0.5) is 5.82 Å². The molecule has 1 unspecified atom stereocenters. The lowest BCUT2D eigenvalue weighted by atomic mass is 10.2. The number of thiophene rings is 1. The molecule has 2 N–H and O–H groups in total. The predicted octanol–water partition coefficient (Wildman–Crippen LogP) is 1.01. The number of nitrogens with zero attached hydrogens (tertiary/aromatic N) is 3. The number of carbonyl (C=O) groups excluding carboxylic acids is 1. The highest BCUT2D eigenvalue weighted by Gasteiger charge is 2.32. The van der Waals surface area contributed by atoms with Crippen LogP contribution in [-0.2, 0) is 9.53 Å². The third-order valence-electron chi connectivity index (χ3n) is 4.15. The molecular weight excluding hydrogens is 326 g/mol. The first kappa shape index (κ1) is 17.1. The average molecular weight is 349 g/mol. The summed E-state index contributed by atoms with van der Waals surface area (Å²) in [4.78, 5) is 24.4. The maximum atomic E-state index is 12.5. The molecule has 130 valence electrons. The Bertz CT molecular complexity index is 677. The van der Waals surface area contributed by atoms with E-state index in [1.807, 2.05) is 11.4 Å². The van der Waals surface area contributed by atoms with Gasteiger partial charge >= 0.3 is 0 Å². The second-order valence-corrected chi connectivity index (χ2v) is 6.62. The minimum absolute atomic E-state index is 0.0723. The maximum absolute atomic E-state index is 12.5. The smallest absolute Gasteiger partial charge is 0.242 e. The molecule has 1 saturated heterocycles. The Balaban J connectivity index is 1.59. The van der Waals surface area contributed by atoms with Gasteiger partial charge in [0.15, 0.2) is 0 Å². The summed E-state index contributed by atoms with van der Waals surface area (Å²) < 4.78 is 4.97. The number of aromatic nitrogens is 2. The fourth-order valence-corrected chi connectivity index (χ4v) is 3.72. The van der Waals surface area contributed by atoms with Gasteiger partial charge in [0.05, 0.1) is 12.0 Å². The summed E-state index contributed by atoms with van der Waals surface area (Å²) in [6.07, 6.45) is 3.44. The van der Waals surface area contributed by atoms with Crippen molar-refractivity contribution in [3.8, 4) is 0 Å².